The van der Waals surface area contributed by atoms with Gasteiger partial charge in [-0.2, -0.15) is 0 Å². The summed E-state index contributed by atoms with van der Waals surface area (Å²) >= 11 is 6.12. The van der Waals surface area contributed by atoms with Gasteiger partial charge in [0.05, 0.1) is 11.0 Å². The van der Waals surface area contributed by atoms with Crippen molar-refractivity contribution in [3.63, 3.8) is 0 Å². The van der Waals surface area contributed by atoms with Crippen molar-refractivity contribution in [2.75, 3.05) is 25.4 Å². The molecular formula is C15H18ClNO5S. The molecule has 1 amide bonds. The molecule has 8 heteroatoms. The second kappa shape index (κ2) is 7.31. The van der Waals surface area contributed by atoms with E-state index >= 15 is 0 Å². The smallest absolute Gasteiger partial charge is 0.303 e. The molecule has 1 saturated heterocycles. The number of amides is 1. The third-order valence-electron chi connectivity index (χ3n) is 3.74. The summed E-state index contributed by atoms with van der Waals surface area (Å²) in [5.41, 5.74) is 0.559. The van der Waals surface area contributed by atoms with Crippen LogP contribution in [-0.4, -0.2) is 50.6 Å². The fourth-order valence-electron chi connectivity index (χ4n) is 2.53. The minimum Gasteiger partial charge on any atom is -0.456 e. The number of esters is 1. The second-order valence-electron chi connectivity index (χ2n) is 5.33. The molecule has 1 heterocycles. The monoisotopic (exact) mass is 359 g/mol. The maximum atomic E-state index is 12.5. The third-order valence-corrected chi connectivity index (χ3v) is 6.20. The van der Waals surface area contributed by atoms with Crippen LogP contribution in [0.2, 0.25) is 5.02 Å². The topological polar surface area (TPSA) is 80.8 Å². The van der Waals surface area contributed by atoms with Crippen LogP contribution in [0.3, 0.4) is 0 Å². The number of benzene rings is 1. The van der Waals surface area contributed by atoms with Crippen molar-refractivity contribution < 1.29 is 22.7 Å². The molecule has 1 aromatic carbocycles. The highest BCUT2D eigenvalue weighted by molar-refractivity contribution is 7.91. The van der Waals surface area contributed by atoms with Crippen LogP contribution >= 0.6 is 11.6 Å². The lowest BCUT2D eigenvalue weighted by atomic mass is 10.1. The fourth-order valence-corrected chi connectivity index (χ4v) is 4.68. The highest BCUT2D eigenvalue weighted by Gasteiger charge is 2.33. The van der Waals surface area contributed by atoms with Crippen molar-refractivity contribution >= 4 is 33.3 Å². The van der Waals surface area contributed by atoms with Crippen molar-refractivity contribution in [1.29, 1.82) is 0 Å². The predicted octanol–water partition coefficient (Wildman–Crippen LogP) is 1.59. The van der Waals surface area contributed by atoms with E-state index in [9.17, 15) is 18.0 Å². The number of nitrogens with zero attached hydrogens (tertiary/aromatic N) is 1. The van der Waals surface area contributed by atoms with Crippen molar-refractivity contribution in [3.8, 4) is 0 Å². The first-order valence-electron chi connectivity index (χ1n) is 7.18. The Hall–Kier alpha value is -1.60. The largest absolute Gasteiger partial charge is 0.456 e. The standard InChI is InChI=1S/C15H18ClNO5S/c1-11(18)22-10-15(19)17-7-6-14(23(20,21)9-8-17)12-4-2-3-5-13(12)16/h2-5,14H,6-10H2,1H3. The Labute approximate surface area is 140 Å². The lowest BCUT2D eigenvalue weighted by Crippen LogP contribution is -2.36. The van der Waals surface area contributed by atoms with Gasteiger partial charge in [0.2, 0.25) is 0 Å². The van der Waals surface area contributed by atoms with E-state index in [4.69, 9.17) is 11.6 Å². The van der Waals surface area contributed by atoms with Gasteiger partial charge in [-0.05, 0) is 18.1 Å². The average Bonchev–Trinajstić information content (AvgIpc) is 2.64. The van der Waals surface area contributed by atoms with Gasteiger partial charge >= 0.3 is 5.97 Å². The Morgan fingerprint density at radius 2 is 2.00 bits per heavy atom. The summed E-state index contributed by atoms with van der Waals surface area (Å²) in [6, 6.07) is 6.83. The summed E-state index contributed by atoms with van der Waals surface area (Å²) in [7, 11) is -3.42. The van der Waals surface area contributed by atoms with E-state index in [0.29, 0.717) is 10.6 Å². The van der Waals surface area contributed by atoms with E-state index in [1.54, 1.807) is 24.3 Å². The van der Waals surface area contributed by atoms with Gasteiger partial charge in [0, 0.05) is 25.0 Å². The molecule has 0 saturated carbocycles. The number of halogens is 1. The minimum atomic E-state index is -3.42. The Balaban J connectivity index is 2.15. The van der Waals surface area contributed by atoms with Crippen LogP contribution in [0.25, 0.3) is 0 Å². The Morgan fingerprint density at radius 1 is 1.30 bits per heavy atom. The first-order valence-corrected chi connectivity index (χ1v) is 9.28. The zero-order chi connectivity index (χ0) is 17.0. The molecule has 0 aromatic heterocycles. The number of hydrogen-bond donors (Lipinski definition) is 0. The number of rotatable bonds is 3. The van der Waals surface area contributed by atoms with Gasteiger partial charge in [-0.15, -0.1) is 0 Å². The number of ether oxygens (including phenoxy) is 1. The zero-order valence-corrected chi connectivity index (χ0v) is 14.3. The molecule has 1 atom stereocenters. The number of carbonyl (C=O) groups is 2. The quantitative estimate of drug-likeness (QED) is 0.765. The molecule has 1 aromatic rings. The van der Waals surface area contributed by atoms with Crippen LogP contribution in [0, 0.1) is 0 Å². The van der Waals surface area contributed by atoms with Gasteiger partial charge in [-0.3, -0.25) is 9.59 Å². The zero-order valence-electron chi connectivity index (χ0n) is 12.7. The van der Waals surface area contributed by atoms with Crippen LogP contribution in [0.4, 0.5) is 0 Å². The lowest BCUT2D eigenvalue weighted by molar-refractivity contribution is -0.150. The van der Waals surface area contributed by atoms with Gasteiger partial charge in [0.1, 0.15) is 0 Å². The van der Waals surface area contributed by atoms with Gasteiger partial charge in [-0.1, -0.05) is 29.8 Å². The van der Waals surface area contributed by atoms with Gasteiger partial charge in [-0.25, -0.2) is 8.42 Å². The second-order valence-corrected chi connectivity index (χ2v) is 8.04. The van der Waals surface area contributed by atoms with Crippen molar-refractivity contribution in [1.82, 2.24) is 4.90 Å². The molecule has 0 N–H and O–H groups in total. The predicted molar refractivity (Wildman–Crippen MR) is 85.8 cm³/mol. The molecule has 0 spiro atoms. The molecule has 126 valence electrons. The van der Waals surface area contributed by atoms with Gasteiger partial charge in [0.25, 0.3) is 5.91 Å². The van der Waals surface area contributed by atoms with E-state index in [1.807, 2.05) is 0 Å². The molecule has 1 aliphatic heterocycles. The van der Waals surface area contributed by atoms with E-state index in [-0.39, 0.29) is 31.9 Å². The maximum Gasteiger partial charge on any atom is 0.303 e. The molecule has 6 nitrogen and oxygen atoms in total. The summed E-state index contributed by atoms with van der Waals surface area (Å²) in [5.74, 6) is -1.08. The van der Waals surface area contributed by atoms with E-state index in [1.165, 1.54) is 11.8 Å². The summed E-state index contributed by atoms with van der Waals surface area (Å²) in [4.78, 5) is 24.2. The summed E-state index contributed by atoms with van der Waals surface area (Å²) in [6.07, 6.45) is 0.262. The lowest BCUT2D eigenvalue weighted by Gasteiger charge is -2.19. The molecule has 23 heavy (non-hydrogen) atoms. The fraction of sp³-hybridized carbons (Fsp3) is 0.467. The highest BCUT2D eigenvalue weighted by atomic mass is 35.5. The molecule has 1 aliphatic rings. The van der Waals surface area contributed by atoms with E-state index in [2.05, 4.69) is 4.74 Å². The van der Waals surface area contributed by atoms with Crippen molar-refractivity contribution in [2.45, 2.75) is 18.6 Å². The third kappa shape index (κ3) is 4.45. The van der Waals surface area contributed by atoms with Crippen LogP contribution < -0.4 is 0 Å². The van der Waals surface area contributed by atoms with Crippen LogP contribution in [-0.2, 0) is 24.2 Å². The maximum absolute atomic E-state index is 12.5. The normalized spacial score (nSPS) is 20.6. The Bertz CT molecular complexity index is 704. The first kappa shape index (κ1) is 17.7. The summed E-state index contributed by atoms with van der Waals surface area (Å²) < 4.78 is 29.7. The van der Waals surface area contributed by atoms with E-state index in [0.717, 1.165) is 0 Å². The Kier molecular flexibility index (Phi) is 5.64. The molecule has 0 radical (unpaired) electrons. The number of hydrogen-bond acceptors (Lipinski definition) is 5. The minimum absolute atomic E-state index is 0.0867. The number of carbonyl (C=O) groups excluding carboxylic acids is 2. The van der Waals surface area contributed by atoms with E-state index < -0.39 is 27.0 Å². The van der Waals surface area contributed by atoms with Gasteiger partial charge in [0.15, 0.2) is 16.4 Å². The van der Waals surface area contributed by atoms with Gasteiger partial charge < -0.3 is 9.64 Å². The molecule has 2 rings (SSSR count). The first-order chi connectivity index (χ1) is 10.8. The SMILES string of the molecule is CC(=O)OCC(=O)N1CCC(c2ccccc2Cl)S(=O)(=O)CC1. The molecule has 0 bridgehead atoms. The van der Waals surface area contributed by atoms with Crippen LogP contribution in [0.5, 0.6) is 0 Å². The molecule has 1 unspecified atom stereocenters. The molecule has 0 aliphatic carbocycles. The highest BCUT2D eigenvalue weighted by Crippen LogP contribution is 2.33. The van der Waals surface area contributed by atoms with Crippen LogP contribution in [0.1, 0.15) is 24.2 Å². The Morgan fingerprint density at radius 3 is 2.65 bits per heavy atom. The summed E-state index contributed by atoms with van der Waals surface area (Å²) in [5, 5.41) is -0.330. The summed E-state index contributed by atoms with van der Waals surface area (Å²) in [6.45, 7) is 1.21. The molecular weight excluding hydrogens is 342 g/mol. The van der Waals surface area contributed by atoms with Crippen LogP contribution in [0.15, 0.2) is 24.3 Å². The average molecular weight is 360 g/mol. The number of sulfone groups is 1. The van der Waals surface area contributed by atoms with Crippen molar-refractivity contribution in [3.05, 3.63) is 34.9 Å². The molecule has 1 fully saturated rings. The van der Waals surface area contributed by atoms with Crippen molar-refractivity contribution in [2.24, 2.45) is 0 Å².